The molecule has 120 valence electrons. The Hall–Kier alpha value is -3.06. The van der Waals surface area contributed by atoms with Gasteiger partial charge >= 0.3 is 12.2 Å². The standard InChI is InChI=1S/C16H17N3O4/c1-22-15(20)18-13-6-3-7-14(9-13)23-16(21)19-12-5-2-4-11(8-12)10-17/h2-9H,10,17H2,1H3,(H,18,20)(H,19,21). The lowest BCUT2D eigenvalue weighted by molar-refractivity contribution is 0.187. The van der Waals surface area contributed by atoms with E-state index in [1.807, 2.05) is 6.07 Å². The maximum Gasteiger partial charge on any atom is 0.417 e. The van der Waals surface area contributed by atoms with Crippen molar-refractivity contribution in [3.05, 3.63) is 54.1 Å². The largest absolute Gasteiger partial charge is 0.453 e. The summed E-state index contributed by atoms with van der Waals surface area (Å²) in [5.74, 6) is 0.284. The van der Waals surface area contributed by atoms with Gasteiger partial charge in [-0.15, -0.1) is 0 Å². The highest BCUT2D eigenvalue weighted by Gasteiger charge is 2.07. The van der Waals surface area contributed by atoms with Crippen molar-refractivity contribution >= 4 is 23.6 Å². The number of methoxy groups -OCH3 is 1. The lowest BCUT2D eigenvalue weighted by Gasteiger charge is -2.09. The van der Waals surface area contributed by atoms with Crippen molar-refractivity contribution in [1.29, 1.82) is 0 Å². The molecule has 0 spiro atoms. The number of amides is 2. The Labute approximate surface area is 133 Å². The zero-order valence-electron chi connectivity index (χ0n) is 12.5. The zero-order valence-corrected chi connectivity index (χ0v) is 12.5. The number of benzene rings is 2. The number of hydrogen-bond donors (Lipinski definition) is 3. The molecule has 7 nitrogen and oxygen atoms in total. The first-order chi connectivity index (χ1) is 11.1. The average Bonchev–Trinajstić information content (AvgIpc) is 2.55. The summed E-state index contributed by atoms with van der Waals surface area (Å²) in [5.41, 5.74) is 7.48. The van der Waals surface area contributed by atoms with E-state index >= 15 is 0 Å². The van der Waals surface area contributed by atoms with Crippen molar-refractivity contribution in [2.45, 2.75) is 6.54 Å². The second-order valence-corrected chi connectivity index (χ2v) is 4.56. The molecule has 0 saturated heterocycles. The van der Waals surface area contributed by atoms with Crippen molar-refractivity contribution in [2.24, 2.45) is 5.73 Å². The molecule has 0 saturated carbocycles. The Bertz CT molecular complexity index is 703. The quantitative estimate of drug-likeness (QED) is 0.805. The van der Waals surface area contributed by atoms with E-state index < -0.39 is 12.2 Å². The van der Waals surface area contributed by atoms with E-state index in [1.54, 1.807) is 36.4 Å². The van der Waals surface area contributed by atoms with Gasteiger partial charge in [-0.3, -0.25) is 10.6 Å². The second-order valence-electron chi connectivity index (χ2n) is 4.56. The second kappa shape index (κ2) is 7.81. The zero-order chi connectivity index (χ0) is 16.7. The number of nitrogens with two attached hydrogens (primary N) is 1. The molecule has 2 aromatic carbocycles. The molecule has 0 unspecified atom stereocenters. The number of hydrogen-bond acceptors (Lipinski definition) is 5. The molecule has 2 amide bonds. The minimum absolute atomic E-state index is 0.284. The first-order valence-corrected chi connectivity index (χ1v) is 6.83. The maximum atomic E-state index is 11.9. The van der Waals surface area contributed by atoms with Gasteiger partial charge in [0.2, 0.25) is 0 Å². The molecule has 4 N–H and O–H groups in total. The predicted molar refractivity (Wildman–Crippen MR) is 86.4 cm³/mol. The van der Waals surface area contributed by atoms with Crippen LogP contribution in [0.4, 0.5) is 21.0 Å². The van der Waals surface area contributed by atoms with Crippen molar-refractivity contribution < 1.29 is 19.1 Å². The molecule has 23 heavy (non-hydrogen) atoms. The lowest BCUT2D eigenvalue weighted by atomic mass is 10.2. The van der Waals surface area contributed by atoms with E-state index in [9.17, 15) is 9.59 Å². The van der Waals surface area contributed by atoms with Gasteiger partial charge < -0.3 is 15.2 Å². The molecule has 0 aliphatic heterocycles. The summed E-state index contributed by atoms with van der Waals surface area (Å²) in [7, 11) is 1.26. The summed E-state index contributed by atoms with van der Waals surface area (Å²) in [4.78, 5) is 23.0. The predicted octanol–water partition coefficient (Wildman–Crippen LogP) is 2.93. The van der Waals surface area contributed by atoms with E-state index in [0.29, 0.717) is 17.9 Å². The third-order valence-electron chi connectivity index (χ3n) is 2.89. The van der Waals surface area contributed by atoms with Crippen molar-refractivity contribution in [3.8, 4) is 5.75 Å². The highest BCUT2D eigenvalue weighted by Crippen LogP contribution is 2.18. The summed E-state index contributed by atoms with van der Waals surface area (Å²) < 4.78 is 9.67. The van der Waals surface area contributed by atoms with Crippen LogP contribution in [0, 0.1) is 0 Å². The number of anilines is 2. The van der Waals surface area contributed by atoms with Crippen LogP contribution >= 0.6 is 0 Å². The third kappa shape index (κ3) is 5.01. The molecule has 2 aromatic rings. The molecule has 0 heterocycles. The van der Waals surface area contributed by atoms with Gasteiger partial charge in [0.05, 0.1) is 7.11 Å². The fourth-order valence-electron chi connectivity index (χ4n) is 1.83. The van der Waals surface area contributed by atoms with Crippen molar-refractivity contribution in [1.82, 2.24) is 0 Å². The number of carbonyl (C=O) groups is 2. The molecule has 0 atom stereocenters. The summed E-state index contributed by atoms with van der Waals surface area (Å²) in [5, 5.41) is 5.09. The minimum Gasteiger partial charge on any atom is -0.453 e. The topological polar surface area (TPSA) is 103 Å². The van der Waals surface area contributed by atoms with Crippen LogP contribution in [0.25, 0.3) is 0 Å². The van der Waals surface area contributed by atoms with Crippen LogP contribution in [0.2, 0.25) is 0 Å². The van der Waals surface area contributed by atoms with Gasteiger partial charge in [0, 0.05) is 24.0 Å². The molecule has 0 radical (unpaired) electrons. The number of ether oxygens (including phenoxy) is 2. The summed E-state index contributed by atoms with van der Waals surface area (Å²) >= 11 is 0. The van der Waals surface area contributed by atoms with Crippen LogP contribution in [0.3, 0.4) is 0 Å². The van der Waals surface area contributed by atoms with E-state index in [1.165, 1.54) is 13.2 Å². The number of rotatable bonds is 4. The first-order valence-electron chi connectivity index (χ1n) is 6.83. The van der Waals surface area contributed by atoms with E-state index in [0.717, 1.165) is 5.56 Å². The Morgan fingerprint density at radius 1 is 1.00 bits per heavy atom. The smallest absolute Gasteiger partial charge is 0.417 e. The minimum atomic E-state index is -0.644. The molecule has 7 heteroatoms. The molecule has 0 aromatic heterocycles. The molecule has 0 bridgehead atoms. The molecule has 0 fully saturated rings. The lowest BCUT2D eigenvalue weighted by Crippen LogP contribution is -2.17. The van der Waals surface area contributed by atoms with Crippen LogP contribution in [0.15, 0.2) is 48.5 Å². The van der Waals surface area contributed by atoms with Crippen LogP contribution < -0.4 is 21.1 Å². The van der Waals surface area contributed by atoms with Gasteiger partial charge in [-0.05, 0) is 29.8 Å². The van der Waals surface area contributed by atoms with Gasteiger partial charge in [-0.25, -0.2) is 9.59 Å². The summed E-state index contributed by atoms with van der Waals surface area (Å²) in [6, 6.07) is 13.5. The van der Waals surface area contributed by atoms with E-state index in [2.05, 4.69) is 15.4 Å². The van der Waals surface area contributed by atoms with Crippen molar-refractivity contribution in [3.63, 3.8) is 0 Å². The van der Waals surface area contributed by atoms with Gasteiger partial charge in [0.1, 0.15) is 5.75 Å². The fourth-order valence-corrected chi connectivity index (χ4v) is 1.83. The maximum absolute atomic E-state index is 11.9. The van der Waals surface area contributed by atoms with Gasteiger partial charge in [0.25, 0.3) is 0 Å². The van der Waals surface area contributed by atoms with Crippen LogP contribution in [0.1, 0.15) is 5.56 Å². The van der Waals surface area contributed by atoms with Gasteiger partial charge in [0.15, 0.2) is 0 Å². The summed E-state index contributed by atoms with van der Waals surface area (Å²) in [6.07, 6.45) is -1.25. The third-order valence-corrected chi connectivity index (χ3v) is 2.89. The molecule has 0 aliphatic rings. The average molecular weight is 315 g/mol. The van der Waals surface area contributed by atoms with Crippen LogP contribution in [-0.2, 0) is 11.3 Å². The SMILES string of the molecule is COC(=O)Nc1cccc(OC(=O)Nc2cccc(CN)c2)c1. The van der Waals surface area contributed by atoms with Crippen LogP contribution in [-0.4, -0.2) is 19.3 Å². The summed E-state index contributed by atoms with van der Waals surface area (Å²) in [6.45, 7) is 0.381. The van der Waals surface area contributed by atoms with E-state index in [4.69, 9.17) is 10.5 Å². The highest BCUT2D eigenvalue weighted by molar-refractivity contribution is 5.87. The fraction of sp³-hybridized carbons (Fsp3) is 0.125. The van der Waals surface area contributed by atoms with Crippen LogP contribution in [0.5, 0.6) is 5.75 Å². The Morgan fingerprint density at radius 3 is 2.35 bits per heavy atom. The molecular formula is C16H17N3O4. The Balaban J connectivity index is 1.99. The van der Waals surface area contributed by atoms with Gasteiger partial charge in [-0.2, -0.15) is 0 Å². The Kier molecular flexibility index (Phi) is 5.54. The normalized spacial score (nSPS) is 9.83. The highest BCUT2D eigenvalue weighted by atomic mass is 16.6. The number of carbonyl (C=O) groups excluding carboxylic acids is 2. The molecular weight excluding hydrogens is 298 g/mol. The molecule has 2 rings (SSSR count). The van der Waals surface area contributed by atoms with Gasteiger partial charge in [-0.1, -0.05) is 18.2 Å². The Morgan fingerprint density at radius 2 is 1.65 bits per heavy atom. The monoisotopic (exact) mass is 315 g/mol. The number of nitrogens with one attached hydrogen (secondary N) is 2. The van der Waals surface area contributed by atoms with E-state index in [-0.39, 0.29) is 5.75 Å². The van der Waals surface area contributed by atoms with Crippen molar-refractivity contribution in [2.75, 3.05) is 17.7 Å². The molecule has 0 aliphatic carbocycles. The first kappa shape index (κ1) is 16.3.